The van der Waals surface area contributed by atoms with Crippen LogP contribution < -0.4 is 10.6 Å². The van der Waals surface area contributed by atoms with E-state index in [2.05, 4.69) is 26.6 Å². The number of amides is 1. The summed E-state index contributed by atoms with van der Waals surface area (Å²) in [6, 6.07) is 5.38. The predicted octanol–water partition coefficient (Wildman–Crippen LogP) is 2.86. The average molecular weight is 342 g/mol. The highest BCUT2D eigenvalue weighted by molar-refractivity contribution is 9.10. The summed E-state index contributed by atoms with van der Waals surface area (Å²) in [7, 11) is 1.85. The van der Waals surface area contributed by atoms with Crippen molar-refractivity contribution >= 4 is 45.8 Å². The Morgan fingerprint density at radius 3 is 2.71 bits per heavy atom. The molecule has 0 aliphatic carbocycles. The lowest BCUT2D eigenvalue weighted by atomic mass is 10.2. The van der Waals surface area contributed by atoms with Gasteiger partial charge >= 0.3 is 0 Å². The van der Waals surface area contributed by atoms with E-state index in [4.69, 9.17) is 11.6 Å². The van der Waals surface area contributed by atoms with Gasteiger partial charge in [-0.1, -0.05) is 11.6 Å². The average Bonchev–Trinajstić information content (AvgIpc) is 2.29. The van der Waals surface area contributed by atoms with Crippen molar-refractivity contribution < 1.29 is 4.79 Å². The molecule has 0 aliphatic heterocycles. The minimum atomic E-state index is -0.114. The third-order valence-electron chi connectivity index (χ3n) is 2.24. The van der Waals surface area contributed by atoms with Gasteiger partial charge in [0.2, 0.25) is 0 Å². The van der Waals surface area contributed by atoms with Crippen LogP contribution in [-0.4, -0.2) is 25.5 Å². The number of carbonyl (C=O) groups is 1. The van der Waals surface area contributed by atoms with Gasteiger partial charge in [-0.05, 0) is 48.1 Å². The van der Waals surface area contributed by atoms with Gasteiger partial charge in [-0.25, -0.2) is 0 Å². The van der Waals surface area contributed by atoms with Gasteiger partial charge in [0.25, 0.3) is 5.91 Å². The number of benzene rings is 1. The molecule has 2 N–H and O–H groups in total. The molecule has 3 nitrogen and oxygen atoms in total. The molecule has 96 valence electrons. The van der Waals surface area contributed by atoms with Crippen LogP contribution in [-0.2, 0) is 0 Å². The number of nitrogens with one attached hydrogen (secondary N) is 2. The molecule has 0 spiro atoms. The molecule has 1 rings (SSSR count). The van der Waals surface area contributed by atoms with Gasteiger partial charge in [0.15, 0.2) is 0 Å². The Morgan fingerprint density at radius 2 is 2.18 bits per heavy atom. The Bertz CT molecular complexity index is 388. The van der Waals surface area contributed by atoms with Gasteiger partial charge in [0.1, 0.15) is 0 Å². The fourth-order valence-corrected chi connectivity index (χ4v) is 1.51. The highest BCUT2D eigenvalue weighted by Crippen LogP contribution is 2.22. The van der Waals surface area contributed by atoms with E-state index in [-0.39, 0.29) is 24.4 Å². The Morgan fingerprint density at radius 1 is 1.53 bits per heavy atom. The molecule has 0 saturated heterocycles. The highest BCUT2D eigenvalue weighted by atomic mass is 79.9. The predicted molar refractivity (Wildman–Crippen MR) is 77.3 cm³/mol. The van der Waals surface area contributed by atoms with E-state index in [1.54, 1.807) is 18.2 Å². The molecule has 1 unspecified atom stereocenters. The summed E-state index contributed by atoms with van der Waals surface area (Å²) in [4.78, 5) is 11.7. The van der Waals surface area contributed by atoms with Crippen molar-refractivity contribution in [2.24, 2.45) is 0 Å². The van der Waals surface area contributed by atoms with Crippen LogP contribution in [0.3, 0.4) is 0 Å². The fraction of sp³-hybridized carbons (Fsp3) is 0.364. The Kier molecular flexibility index (Phi) is 7.79. The monoisotopic (exact) mass is 340 g/mol. The van der Waals surface area contributed by atoms with E-state index in [0.717, 1.165) is 4.47 Å². The number of likely N-dealkylation sites (N-methyl/N-ethyl adjacent to an activating group) is 1. The van der Waals surface area contributed by atoms with Crippen molar-refractivity contribution in [3.63, 3.8) is 0 Å². The second-order valence-electron chi connectivity index (χ2n) is 3.53. The number of carbonyl (C=O) groups excluding carboxylic acids is 1. The standard InChI is InChI=1S/C11H14BrClN2O.ClH/c1-7(14-2)6-15-11(16)8-3-4-9(12)10(13)5-8;/h3-5,7,14H,6H2,1-2H3,(H,15,16);1H. The second-order valence-corrected chi connectivity index (χ2v) is 4.79. The van der Waals surface area contributed by atoms with E-state index >= 15 is 0 Å². The van der Waals surface area contributed by atoms with Gasteiger partial charge in [-0.15, -0.1) is 12.4 Å². The molecule has 0 aromatic heterocycles. The summed E-state index contributed by atoms with van der Waals surface area (Å²) in [5.41, 5.74) is 0.566. The lowest BCUT2D eigenvalue weighted by Gasteiger charge is -2.11. The Labute approximate surface area is 121 Å². The van der Waals surface area contributed by atoms with Crippen molar-refractivity contribution in [1.82, 2.24) is 10.6 Å². The van der Waals surface area contributed by atoms with Crippen molar-refractivity contribution in [3.8, 4) is 0 Å². The van der Waals surface area contributed by atoms with Crippen LogP contribution in [0.25, 0.3) is 0 Å². The SMILES string of the molecule is CNC(C)CNC(=O)c1ccc(Br)c(Cl)c1.Cl. The molecule has 0 radical (unpaired) electrons. The summed E-state index contributed by atoms with van der Waals surface area (Å²) in [6.07, 6.45) is 0. The summed E-state index contributed by atoms with van der Waals surface area (Å²) >= 11 is 9.19. The first-order valence-corrected chi connectivity index (χ1v) is 6.12. The molecular weight excluding hydrogens is 327 g/mol. The first kappa shape index (κ1) is 16.7. The maximum absolute atomic E-state index is 11.7. The molecule has 1 aromatic carbocycles. The van der Waals surface area contributed by atoms with Gasteiger partial charge in [-0.3, -0.25) is 4.79 Å². The van der Waals surface area contributed by atoms with Crippen LogP contribution in [0.2, 0.25) is 5.02 Å². The third-order valence-corrected chi connectivity index (χ3v) is 3.48. The van der Waals surface area contributed by atoms with Crippen LogP contribution in [0.1, 0.15) is 17.3 Å². The van der Waals surface area contributed by atoms with Crippen molar-refractivity contribution in [2.45, 2.75) is 13.0 Å². The minimum Gasteiger partial charge on any atom is -0.350 e. The molecule has 0 aliphatic rings. The van der Waals surface area contributed by atoms with Crippen LogP contribution in [0.5, 0.6) is 0 Å². The Hall–Kier alpha value is -0.290. The Balaban J connectivity index is 0.00000256. The number of halogens is 3. The topological polar surface area (TPSA) is 41.1 Å². The summed E-state index contributed by atoms with van der Waals surface area (Å²) in [6.45, 7) is 2.58. The molecule has 1 atom stereocenters. The normalized spacial score (nSPS) is 11.5. The zero-order valence-corrected chi connectivity index (χ0v) is 12.7. The number of rotatable bonds is 4. The minimum absolute atomic E-state index is 0. The zero-order valence-electron chi connectivity index (χ0n) is 9.59. The fourth-order valence-electron chi connectivity index (χ4n) is 1.09. The molecule has 1 amide bonds. The molecule has 0 bridgehead atoms. The van der Waals surface area contributed by atoms with E-state index in [9.17, 15) is 4.79 Å². The van der Waals surface area contributed by atoms with Crippen LogP contribution in [0.15, 0.2) is 22.7 Å². The molecule has 17 heavy (non-hydrogen) atoms. The van der Waals surface area contributed by atoms with Gasteiger partial charge < -0.3 is 10.6 Å². The number of hydrogen-bond acceptors (Lipinski definition) is 2. The van der Waals surface area contributed by atoms with Crippen LogP contribution in [0.4, 0.5) is 0 Å². The lowest BCUT2D eigenvalue weighted by Crippen LogP contribution is -2.37. The maximum atomic E-state index is 11.7. The molecule has 1 aromatic rings. The van der Waals surface area contributed by atoms with Crippen LogP contribution in [0, 0.1) is 0 Å². The molecule has 6 heteroatoms. The van der Waals surface area contributed by atoms with Crippen molar-refractivity contribution in [1.29, 1.82) is 0 Å². The first-order valence-electron chi connectivity index (χ1n) is 4.95. The summed E-state index contributed by atoms with van der Waals surface area (Å²) in [5, 5.41) is 6.40. The van der Waals surface area contributed by atoms with E-state index < -0.39 is 0 Å². The van der Waals surface area contributed by atoms with Crippen molar-refractivity contribution in [3.05, 3.63) is 33.3 Å². The molecule has 0 fully saturated rings. The first-order chi connectivity index (χ1) is 7.54. The zero-order chi connectivity index (χ0) is 12.1. The van der Waals surface area contributed by atoms with E-state index in [1.165, 1.54) is 0 Å². The van der Waals surface area contributed by atoms with Crippen LogP contribution >= 0.6 is 39.9 Å². The molecule has 0 heterocycles. The lowest BCUT2D eigenvalue weighted by molar-refractivity contribution is 0.0950. The van der Waals surface area contributed by atoms with Gasteiger partial charge in [0.05, 0.1) is 5.02 Å². The quantitative estimate of drug-likeness (QED) is 0.884. The van der Waals surface area contributed by atoms with Gasteiger partial charge in [-0.2, -0.15) is 0 Å². The maximum Gasteiger partial charge on any atom is 0.251 e. The largest absolute Gasteiger partial charge is 0.350 e. The van der Waals surface area contributed by atoms with Crippen molar-refractivity contribution in [2.75, 3.05) is 13.6 Å². The third kappa shape index (κ3) is 5.25. The molecule has 0 saturated carbocycles. The summed E-state index contributed by atoms with van der Waals surface area (Å²) < 4.78 is 0.786. The summed E-state index contributed by atoms with van der Waals surface area (Å²) in [5.74, 6) is -0.114. The number of hydrogen-bond donors (Lipinski definition) is 2. The van der Waals surface area contributed by atoms with E-state index in [0.29, 0.717) is 17.1 Å². The second kappa shape index (κ2) is 7.93. The van der Waals surface area contributed by atoms with E-state index in [1.807, 2.05) is 14.0 Å². The smallest absolute Gasteiger partial charge is 0.251 e. The molecular formula is C11H15BrCl2N2O. The van der Waals surface area contributed by atoms with Gasteiger partial charge in [0, 0.05) is 22.6 Å². The highest BCUT2D eigenvalue weighted by Gasteiger charge is 2.08.